The van der Waals surface area contributed by atoms with Crippen molar-refractivity contribution >= 4 is 0 Å². The Bertz CT molecular complexity index is 259. The molecule has 0 fully saturated rings. The van der Waals surface area contributed by atoms with E-state index in [1.807, 2.05) is 18.7 Å². The molecule has 1 aromatic rings. The van der Waals surface area contributed by atoms with Gasteiger partial charge in [-0.25, -0.2) is 4.68 Å². The molecule has 1 N–H and O–H groups in total. The molecule has 13 heavy (non-hydrogen) atoms. The van der Waals surface area contributed by atoms with E-state index in [0.29, 0.717) is 6.61 Å². The van der Waals surface area contributed by atoms with Crippen LogP contribution in [0, 0.1) is 6.92 Å². The van der Waals surface area contributed by atoms with Crippen molar-refractivity contribution in [3.63, 3.8) is 0 Å². The van der Waals surface area contributed by atoms with Gasteiger partial charge >= 0.3 is 0 Å². The van der Waals surface area contributed by atoms with E-state index in [-0.39, 0.29) is 0 Å². The minimum atomic E-state index is 0.670. The van der Waals surface area contributed by atoms with Gasteiger partial charge in [-0.2, -0.15) is 0 Å². The number of nitrogens with one attached hydrogen (secondary N) is 1. The minimum Gasteiger partial charge on any atom is -0.383 e. The maximum atomic E-state index is 4.97. The number of hydrogen-bond acceptors (Lipinski definition) is 4. The SMILES string of the molecule is CNCc1nnn(CCOC)c1C. The summed E-state index contributed by atoms with van der Waals surface area (Å²) in [5.74, 6) is 0. The van der Waals surface area contributed by atoms with Crippen molar-refractivity contribution in [2.45, 2.75) is 20.0 Å². The smallest absolute Gasteiger partial charge is 0.0993 e. The van der Waals surface area contributed by atoms with Crippen LogP contribution < -0.4 is 5.32 Å². The summed E-state index contributed by atoms with van der Waals surface area (Å²) in [5.41, 5.74) is 2.10. The van der Waals surface area contributed by atoms with Gasteiger partial charge in [-0.05, 0) is 14.0 Å². The molecular weight excluding hydrogens is 168 g/mol. The van der Waals surface area contributed by atoms with Crippen LogP contribution in [0.5, 0.6) is 0 Å². The molecule has 0 atom stereocenters. The third-order valence-electron chi connectivity index (χ3n) is 1.93. The second-order valence-corrected chi connectivity index (χ2v) is 2.87. The highest BCUT2D eigenvalue weighted by atomic mass is 16.5. The number of ether oxygens (including phenoxy) is 1. The fraction of sp³-hybridized carbons (Fsp3) is 0.750. The van der Waals surface area contributed by atoms with Gasteiger partial charge in [0.15, 0.2) is 0 Å². The van der Waals surface area contributed by atoms with Gasteiger partial charge in [0.2, 0.25) is 0 Å². The Labute approximate surface area is 78.1 Å². The van der Waals surface area contributed by atoms with Crippen LogP contribution in [0.1, 0.15) is 11.4 Å². The number of methoxy groups -OCH3 is 1. The van der Waals surface area contributed by atoms with Gasteiger partial charge in [0.1, 0.15) is 0 Å². The lowest BCUT2D eigenvalue weighted by molar-refractivity contribution is 0.182. The number of aromatic nitrogens is 3. The monoisotopic (exact) mass is 184 g/mol. The topological polar surface area (TPSA) is 52.0 Å². The summed E-state index contributed by atoms with van der Waals surface area (Å²) in [6.45, 7) is 4.21. The van der Waals surface area contributed by atoms with Crippen LogP contribution in [-0.2, 0) is 17.8 Å². The first-order valence-electron chi connectivity index (χ1n) is 4.32. The van der Waals surface area contributed by atoms with E-state index >= 15 is 0 Å². The lowest BCUT2D eigenvalue weighted by Crippen LogP contribution is -2.09. The van der Waals surface area contributed by atoms with Crippen molar-refractivity contribution in [2.75, 3.05) is 20.8 Å². The Kier molecular flexibility index (Phi) is 3.85. The van der Waals surface area contributed by atoms with Crippen LogP contribution in [0.25, 0.3) is 0 Å². The van der Waals surface area contributed by atoms with Gasteiger partial charge in [-0.1, -0.05) is 5.21 Å². The molecule has 5 nitrogen and oxygen atoms in total. The molecular formula is C8H16N4O. The number of hydrogen-bond donors (Lipinski definition) is 1. The summed E-state index contributed by atoms with van der Waals surface area (Å²) in [7, 11) is 3.58. The zero-order valence-corrected chi connectivity index (χ0v) is 8.37. The molecule has 74 valence electrons. The second-order valence-electron chi connectivity index (χ2n) is 2.87. The van der Waals surface area contributed by atoms with Gasteiger partial charge < -0.3 is 10.1 Å². The molecule has 0 aromatic carbocycles. The summed E-state index contributed by atoms with van der Waals surface area (Å²) in [5, 5.41) is 11.1. The molecule has 5 heteroatoms. The Morgan fingerprint density at radius 2 is 2.31 bits per heavy atom. The van der Waals surface area contributed by atoms with E-state index in [1.165, 1.54) is 0 Å². The van der Waals surface area contributed by atoms with E-state index in [1.54, 1.807) is 7.11 Å². The van der Waals surface area contributed by atoms with Crippen LogP contribution in [0.2, 0.25) is 0 Å². The zero-order valence-electron chi connectivity index (χ0n) is 8.37. The molecule has 0 aliphatic carbocycles. The van der Waals surface area contributed by atoms with E-state index < -0.39 is 0 Å². The molecule has 0 saturated heterocycles. The Hall–Kier alpha value is -0.940. The maximum absolute atomic E-state index is 4.97. The molecule has 0 spiro atoms. The minimum absolute atomic E-state index is 0.670. The first-order valence-corrected chi connectivity index (χ1v) is 4.32. The summed E-state index contributed by atoms with van der Waals surface area (Å²) >= 11 is 0. The summed E-state index contributed by atoms with van der Waals surface area (Å²) in [6, 6.07) is 0. The average molecular weight is 184 g/mol. The van der Waals surface area contributed by atoms with Crippen molar-refractivity contribution in [2.24, 2.45) is 0 Å². The lowest BCUT2D eigenvalue weighted by atomic mass is 10.3. The third-order valence-corrected chi connectivity index (χ3v) is 1.93. The van der Waals surface area contributed by atoms with E-state index in [0.717, 1.165) is 24.5 Å². The van der Waals surface area contributed by atoms with Crippen molar-refractivity contribution in [1.82, 2.24) is 20.3 Å². The molecule has 1 aromatic heterocycles. The Balaban J connectivity index is 2.62. The first-order chi connectivity index (χ1) is 6.29. The van der Waals surface area contributed by atoms with Crippen molar-refractivity contribution in [1.29, 1.82) is 0 Å². The van der Waals surface area contributed by atoms with Crippen molar-refractivity contribution in [3.05, 3.63) is 11.4 Å². The quantitative estimate of drug-likeness (QED) is 0.697. The van der Waals surface area contributed by atoms with Crippen LogP contribution >= 0.6 is 0 Å². The zero-order chi connectivity index (χ0) is 9.68. The van der Waals surface area contributed by atoms with Gasteiger partial charge in [0.25, 0.3) is 0 Å². The standard InChI is InChI=1S/C8H16N4O/c1-7-8(6-9-2)10-11-12(7)4-5-13-3/h9H,4-6H2,1-3H3. The van der Waals surface area contributed by atoms with Gasteiger partial charge in [-0.3, -0.25) is 0 Å². The average Bonchev–Trinajstić information content (AvgIpc) is 2.46. The molecule has 1 heterocycles. The fourth-order valence-corrected chi connectivity index (χ4v) is 1.12. The fourth-order valence-electron chi connectivity index (χ4n) is 1.12. The molecule has 0 bridgehead atoms. The molecule has 1 rings (SSSR count). The summed E-state index contributed by atoms with van der Waals surface area (Å²) < 4.78 is 6.82. The van der Waals surface area contributed by atoms with Gasteiger partial charge in [0.05, 0.1) is 24.5 Å². The molecule has 0 saturated carbocycles. The molecule has 0 unspecified atom stereocenters. The van der Waals surface area contributed by atoms with E-state index in [4.69, 9.17) is 4.74 Å². The lowest BCUT2D eigenvalue weighted by Gasteiger charge is -2.02. The predicted octanol–water partition coefficient (Wildman–Crippen LogP) is -0.0477. The maximum Gasteiger partial charge on any atom is 0.0993 e. The van der Waals surface area contributed by atoms with Crippen molar-refractivity contribution < 1.29 is 4.74 Å². The van der Waals surface area contributed by atoms with Crippen LogP contribution in [0.4, 0.5) is 0 Å². The highest BCUT2D eigenvalue weighted by Crippen LogP contribution is 2.02. The second kappa shape index (κ2) is 4.94. The molecule has 0 amide bonds. The van der Waals surface area contributed by atoms with Crippen LogP contribution in [0.15, 0.2) is 0 Å². The normalized spacial score (nSPS) is 10.7. The van der Waals surface area contributed by atoms with Gasteiger partial charge in [0, 0.05) is 13.7 Å². The van der Waals surface area contributed by atoms with Crippen molar-refractivity contribution in [3.8, 4) is 0 Å². The number of nitrogens with zero attached hydrogens (tertiary/aromatic N) is 3. The van der Waals surface area contributed by atoms with E-state index in [2.05, 4.69) is 15.6 Å². The third kappa shape index (κ3) is 2.50. The molecule has 0 aliphatic heterocycles. The Morgan fingerprint density at radius 3 is 2.92 bits per heavy atom. The van der Waals surface area contributed by atoms with Crippen LogP contribution in [-0.4, -0.2) is 35.8 Å². The van der Waals surface area contributed by atoms with Gasteiger partial charge in [-0.15, -0.1) is 5.10 Å². The Morgan fingerprint density at radius 1 is 1.54 bits per heavy atom. The largest absolute Gasteiger partial charge is 0.383 e. The highest BCUT2D eigenvalue weighted by molar-refractivity contribution is 5.07. The number of rotatable bonds is 5. The van der Waals surface area contributed by atoms with E-state index in [9.17, 15) is 0 Å². The summed E-state index contributed by atoms with van der Waals surface area (Å²) in [4.78, 5) is 0. The first kappa shape index (κ1) is 10.1. The molecule has 0 radical (unpaired) electrons. The molecule has 0 aliphatic rings. The van der Waals surface area contributed by atoms with Crippen LogP contribution in [0.3, 0.4) is 0 Å². The highest BCUT2D eigenvalue weighted by Gasteiger charge is 2.06. The summed E-state index contributed by atoms with van der Waals surface area (Å²) in [6.07, 6.45) is 0. The predicted molar refractivity (Wildman–Crippen MR) is 49.4 cm³/mol.